The van der Waals surface area contributed by atoms with Crippen LogP contribution in [-0.2, 0) is 19.1 Å². The summed E-state index contributed by atoms with van der Waals surface area (Å²) in [5.41, 5.74) is -4.16. The smallest absolute Gasteiger partial charge is 0.408 e. The Hall–Kier alpha value is -2.95. The third-order valence-corrected chi connectivity index (χ3v) is 12.8. The van der Waals surface area contributed by atoms with E-state index in [2.05, 4.69) is 39.1 Å². The number of hydrogen-bond acceptors (Lipinski definition) is 6. The average Bonchev–Trinajstić information content (AvgIpc) is 2.86. The second-order valence-corrected chi connectivity index (χ2v) is 16.8. The van der Waals surface area contributed by atoms with Crippen LogP contribution in [0.4, 0.5) is 4.79 Å². The number of carboxylic acids is 1. The van der Waals surface area contributed by atoms with Crippen molar-refractivity contribution in [3.63, 3.8) is 0 Å². The Morgan fingerprint density at radius 1 is 1.02 bits per heavy atom. The third kappa shape index (κ3) is 4.27. The molecule has 0 spiro atoms. The maximum absolute atomic E-state index is 14.5. The van der Waals surface area contributed by atoms with Crippen LogP contribution in [0.5, 0.6) is 0 Å². The molecule has 5 rings (SSSR count). The lowest BCUT2D eigenvalue weighted by Gasteiger charge is -2.68. The Morgan fingerprint density at radius 3 is 2.23 bits per heavy atom. The molecule has 0 aromatic heterocycles. The molecule has 0 aliphatic heterocycles. The molecular weight excluding hydrogens is 544 g/mol. The van der Waals surface area contributed by atoms with E-state index < -0.39 is 62.5 Å². The third-order valence-electron chi connectivity index (χ3n) is 12.8. The van der Waals surface area contributed by atoms with Gasteiger partial charge >= 0.3 is 12.1 Å². The summed E-state index contributed by atoms with van der Waals surface area (Å²) in [5, 5.41) is 23.5. The number of ether oxygens (including phenoxy) is 1. The van der Waals surface area contributed by atoms with Gasteiger partial charge in [0, 0.05) is 17.3 Å². The Labute approximate surface area is 255 Å². The topological polar surface area (TPSA) is 134 Å². The van der Waals surface area contributed by atoms with E-state index in [-0.39, 0.29) is 22.7 Å². The Morgan fingerprint density at radius 2 is 1.65 bits per heavy atom. The quantitative estimate of drug-likeness (QED) is 0.371. The summed E-state index contributed by atoms with van der Waals surface area (Å²) >= 11 is 0. The number of aliphatic carboxylic acids is 1. The van der Waals surface area contributed by atoms with Crippen LogP contribution in [0.15, 0.2) is 23.3 Å². The second-order valence-electron chi connectivity index (χ2n) is 16.8. The number of rotatable bonds is 2. The van der Waals surface area contributed by atoms with Gasteiger partial charge in [-0.3, -0.25) is 14.4 Å². The average molecular weight is 593 g/mol. The summed E-state index contributed by atoms with van der Waals surface area (Å²) < 4.78 is 5.54. The van der Waals surface area contributed by atoms with Gasteiger partial charge in [-0.25, -0.2) is 4.79 Å². The molecule has 0 aromatic rings. The molecule has 8 nitrogen and oxygen atoms in total. The lowest BCUT2D eigenvalue weighted by atomic mass is 9.34. The van der Waals surface area contributed by atoms with Gasteiger partial charge in [0.05, 0.1) is 11.0 Å². The molecule has 0 saturated heterocycles. The molecular formula is C35H48N2O6. The van der Waals surface area contributed by atoms with Crippen molar-refractivity contribution in [3.8, 4) is 6.07 Å². The fourth-order valence-electron chi connectivity index (χ4n) is 10.4. The van der Waals surface area contributed by atoms with Crippen LogP contribution in [0.25, 0.3) is 0 Å². The van der Waals surface area contributed by atoms with Crippen molar-refractivity contribution in [2.75, 3.05) is 0 Å². The molecule has 5 aliphatic carbocycles. The van der Waals surface area contributed by atoms with Gasteiger partial charge in [-0.05, 0) is 101 Å². The van der Waals surface area contributed by atoms with Crippen LogP contribution >= 0.6 is 0 Å². The molecule has 3 fully saturated rings. The van der Waals surface area contributed by atoms with Crippen molar-refractivity contribution in [2.24, 2.45) is 44.8 Å². The minimum atomic E-state index is -1.42. The maximum atomic E-state index is 14.5. The first-order valence-electron chi connectivity index (χ1n) is 15.8. The number of allylic oxidation sites excluding steroid dienone is 3. The van der Waals surface area contributed by atoms with Crippen molar-refractivity contribution < 1.29 is 29.0 Å². The summed E-state index contributed by atoms with van der Waals surface area (Å²) in [6.07, 6.45) is 7.23. The second kappa shape index (κ2) is 9.28. The van der Waals surface area contributed by atoms with Gasteiger partial charge < -0.3 is 15.2 Å². The Kier molecular flexibility index (Phi) is 6.79. The fourth-order valence-corrected chi connectivity index (χ4v) is 10.4. The molecule has 2 N–H and O–H groups in total. The van der Waals surface area contributed by atoms with Crippen LogP contribution in [0, 0.1) is 56.2 Å². The SMILES string of the molecule is CC1(C)CC[C@]2(C(=O)O)CC[C@]3(C)[C@H](C(=O)C=C4[C@@]5(C)C=C(C#N)C(=O)[C@@](C)(NC(=O)OC(C)(C)C)[C@@H]5CC[C@]43C)[C@@H]2C1. The minimum absolute atomic E-state index is 0.0373. The normalized spacial score (nSPS) is 43.4. The largest absolute Gasteiger partial charge is 0.481 e. The minimum Gasteiger partial charge on any atom is -0.481 e. The Balaban J connectivity index is 1.65. The number of carbonyl (C=O) groups is 4. The van der Waals surface area contributed by atoms with Gasteiger partial charge in [0.25, 0.3) is 0 Å². The van der Waals surface area contributed by atoms with Crippen molar-refractivity contribution in [2.45, 2.75) is 118 Å². The predicted molar refractivity (Wildman–Crippen MR) is 161 cm³/mol. The first-order chi connectivity index (χ1) is 19.6. The molecule has 0 heterocycles. The van der Waals surface area contributed by atoms with Crippen LogP contribution in [-0.4, -0.2) is 39.9 Å². The highest BCUT2D eigenvalue weighted by Gasteiger charge is 2.71. The number of Topliss-reactive ketones (excluding diaryl/α,β-unsaturated/α-hetero) is 1. The molecule has 0 bridgehead atoms. The van der Waals surface area contributed by atoms with Crippen molar-refractivity contribution in [3.05, 3.63) is 23.3 Å². The molecule has 5 aliphatic rings. The number of nitrogens with zero attached hydrogens (tertiary/aromatic N) is 1. The molecule has 1 amide bonds. The highest BCUT2D eigenvalue weighted by molar-refractivity contribution is 6.08. The zero-order chi connectivity index (χ0) is 32.2. The number of alkyl carbamates (subject to hydrolysis) is 1. The zero-order valence-electron chi connectivity index (χ0n) is 27.3. The van der Waals surface area contributed by atoms with Gasteiger partial charge in [0.15, 0.2) is 11.6 Å². The van der Waals surface area contributed by atoms with Gasteiger partial charge in [-0.15, -0.1) is 0 Å². The van der Waals surface area contributed by atoms with E-state index in [4.69, 9.17) is 4.74 Å². The van der Waals surface area contributed by atoms with Crippen molar-refractivity contribution in [1.82, 2.24) is 5.32 Å². The summed E-state index contributed by atoms with van der Waals surface area (Å²) in [6, 6.07) is 2.08. The summed E-state index contributed by atoms with van der Waals surface area (Å²) in [7, 11) is 0. The van der Waals surface area contributed by atoms with Crippen LogP contribution in [0.2, 0.25) is 0 Å². The molecule has 234 valence electrons. The number of ketones is 2. The van der Waals surface area contributed by atoms with E-state index >= 15 is 0 Å². The first-order valence-corrected chi connectivity index (χ1v) is 15.8. The van der Waals surface area contributed by atoms with Crippen molar-refractivity contribution >= 4 is 23.6 Å². The number of amides is 1. The maximum Gasteiger partial charge on any atom is 0.408 e. The fraction of sp³-hybridized carbons (Fsp3) is 0.743. The molecule has 8 heteroatoms. The van der Waals surface area contributed by atoms with E-state index in [1.807, 2.05) is 6.92 Å². The molecule has 0 unspecified atom stereocenters. The van der Waals surface area contributed by atoms with Crippen LogP contribution < -0.4 is 5.32 Å². The summed E-state index contributed by atoms with van der Waals surface area (Å²) in [5.74, 6) is -2.39. The zero-order valence-corrected chi connectivity index (χ0v) is 27.3. The van der Waals surface area contributed by atoms with Gasteiger partial charge in [0.2, 0.25) is 0 Å². The monoisotopic (exact) mass is 592 g/mol. The molecule has 0 radical (unpaired) electrons. The highest BCUT2D eigenvalue weighted by Crippen LogP contribution is 2.74. The van der Waals surface area contributed by atoms with Gasteiger partial charge in [-0.1, -0.05) is 46.3 Å². The first kappa shape index (κ1) is 31.5. The summed E-state index contributed by atoms with van der Waals surface area (Å²) in [6.45, 7) is 17.7. The van der Waals surface area contributed by atoms with Gasteiger partial charge in [0.1, 0.15) is 17.2 Å². The Bertz CT molecular complexity index is 1410. The predicted octanol–water partition coefficient (Wildman–Crippen LogP) is 6.55. The van der Waals surface area contributed by atoms with E-state index in [0.717, 1.165) is 12.0 Å². The van der Waals surface area contributed by atoms with Crippen molar-refractivity contribution in [1.29, 1.82) is 5.26 Å². The van der Waals surface area contributed by atoms with Gasteiger partial charge in [-0.2, -0.15) is 5.26 Å². The molecule has 0 aromatic carbocycles. The lowest BCUT2D eigenvalue weighted by molar-refractivity contribution is -0.188. The van der Waals surface area contributed by atoms with E-state index in [1.54, 1.807) is 39.8 Å². The molecule has 8 atom stereocenters. The highest BCUT2D eigenvalue weighted by atomic mass is 16.6. The van der Waals surface area contributed by atoms with E-state index in [0.29, 0.717) is 38.5 Å². The number of carbonyl (C=O) groups excluding carboxylic acids is 3. The number of fused-ring (bicyclic) bond motifs is 7. The molecule has 43 heavy (non-hydrogen) atoms. The van der Waals surface area contributed by atoms with Crippen LogP contribution in [0.1, 0.15) is 107 Å². The number of nitrogens with one attached hydrogen (secondary N) is 1. The standard InChI is InChI=1S/C35H48N2O6/c1-29(2,3)43-28(42)37-34(9)23-10-11-32(7)24(31(23,6)17-20(19-36)26(34)39)16-22(38)25-21-18-30(4,5)12-14-35(21,27(40)41)15-13-33(25,32)8/h16-17,21,23,25H,10-15,18H2,1-9H3,(H,37,42)(H,40,41)/t21-,23+,25-,31-,32+,33+,34-,35-/m0/s1. The van der Waals surface area contributed by atoms with Crippen LogP contribution in [0.3, 0.4) is 0 Å². The van der Waals surface area contributed by atoms with E-state index in [1.165, 1.54) is 0 Å². The lowest BCUT2D eigenvalue weighted by Crippen LogP contribution is -2.69. The number of hydrogen-bond donors (Lipinski definition) is 2. The number of nitriles is 1. The van der Waals surface area contributed by atoms with E-state index in [9.17, 15) is 29.5 Å². The number of carboxylic acid groups (broad SMARTS) is 1. The summed E-state index contributed by atoms with van der Waals surface area (Å²) in [4.78, 5) is 54.2. The molecule has 3 saturated carbocycles.